The van der Waals surface area contributed by atoms with Gasteiger partial charge < -0.3 is 20.2 Å². The lowest BCUT2D eigenvalue weighted by atomic mass is 9.78. The van der Waals surface area contributed by atoms with Gasteiger partial charge in [0, 0.05) is 23.3 Å². The van der Waals surface area contributed by atoms with Crippen LogP contribution in [0.3, 0.4) is 0 Å². The van der Waals surface area contributed by atoms with Crippen molar-refractivity contribution in [1.29, 1.82) is 0 Å². The van der Waals surface area contributed by atoms with E-state index in [1.54, 1.807) is 18.3 Å². The molecule has 4 heterocycles. The van der Waals surface area contributed by atoms with Gasteiger partial charge in [-0.05, 0) is 6.92 Å². The maximum atomic E-state index is 12.4. The molecule has 27 heavy (non-hydrogen) atoms. The summed E-state index contributed by atoms with van der Waals surface area (Å²) >= 11 is 1.56. The summed E-state index contributed by atoms with van der Waals surface area (Å²) in [5, 5.41) is 30.8. The molecule has 0 radical (unpaired) electrons. The van der Waals surface area contributed by atoms with E-state index < -0.39 is 18.0 Å². The molecular weight excluding hydrogens is 370 g/mol. The van der Waals surface area contributed by atoms with Crippen LogP contribution in [0.1, 0.15) is 19.5 Å². The summed E-state index contributed by atoms with van der Waals surface area (Å²) in [6, 6.07) is -0.298. The number of carboxylic acids is 1. The highest BCUT2D eigenvalue weighted by atomic mass is 32.1. The Balaban J connectivity index is 1.68. The minimum absolute atomic E-state index is 0.0482. The molecule has 8 nitrogen and oxygen atoms in total. The molecule has 4 rings (SSSR count). The van der Waals surface area contributed by atoms with Gasteiger partial charge in [0.2, 0.25) is 17.1 Å². The van der Waals surface area contributed by atoms with Crippen LogP contribution in [0.25, 0.3) is 4.83 Å². The molecule has 2 aliphatic heterocycles. The third kappa shape index (κ3) is 2.60. The highest BCUT2D eigenvalue weighted by Gasteiger charge is 2.60. The zero-order valence-corrected chi connectivity index (χ0v) is 15.9. The van der Waals surface area contributed by atoms with Crippen LogP contribution in [-0.4, -0.2) is 55.2 Å². The molecule has 0 spiro atoms. The van der Waals surface area contributed by atoms with Crippen LogP contribution in [0.15, 0.2) is 29.2 Å². The Bertz CT molecular complexity index is 960. The van der Waals surface area contributed by atoms with E-state index in [1.165, 1.54) is 4.90 Å². The molecule has 0 unspecified atom stereocenters. The van der Waals surface area contributed by atoms with Crippen molar-refractivity contribution in [3.8, 4) is 0 Å². The van der Waals surface area contributed by atoms with Crippen LogP contribution in [-0.2, 0) is 22.6 Å². The van der Waals surface area contributed by atoms with E-state index in [1.807, 2.05) is 33.8 Å². The predicted molar refractivity (Wildman–Crippen MR) is 95.9 cm³/mol. The fourth-order valence-corrected chi connectivity index (χ4v) is 5.32. The minimum Gasteiger partial charge on any atom is -0.477 e. The predicted octanol–water partition coefficient (Wildman–Crippen LogP) is 0.0193. The number of nitrogens with zero attached hydrogens (tertiary/aromatic N) is 3. The molecule has 1 fully saturated rings. The van der Waals surface area contributed by atoms with Crippen molar-refractivity contribution in [3.63, 3.8) is 0 Å². The van der Waals surface area contributed by atoms with Crippen molar-refractivity contribution in [2.75, 3.05) is 6.61 Å². The summed E-state index contributed by atoms with van der Waals surface area (Å²) in [6.45, 7) is 3.92. The maximum absolute atomic E-state index is 12.4. The number of hydrogen-bond donors (Lipinski definition) is 3. The number of carboxylic acid groups (broad SMARTS) is 1. The minimum atomic E-state index is -1.11. The molecular formula is C18H22N3O5S+. The molecule has 0 saturated carbocycles. The number of fused-ring (bicyclic) bond motifs is 2. The van der Waals surface area contributed by atoms with Crippen molar-refractivity contribution in [2.45, 2.75) is 39.0 Å². The summed E-state index contributed by atoms with van der Waals surface area (Å²) in [4.78, 5) is 26.6. The van der Waals surface area contributed by atoms with Crippen molar-refractivity contribution in [1.82, 2.24) is 9.30 Å². The first-order chi connectivity index (χ1) is 12.8. The first-order valence-corrected chi connectivity index (χ1v) is 9.79. The number of carbonyl (C=O) groups excluding carboxylic acids is 1. The Morgan fingerprint density at radius 2 is 2.19 bits per heavy atom. The molecule has 144 valence electrons. The number of amides is 1. The molecule has 1 amide bonds. The average molecular weight is 392 g/mol. The van der Waals surface area contributed by atoms with Gasteiger partial charge in [-0.15, -0.1) is 0 Å². The van der Waals surface area contributed by atoms with Crippen LogP contribution in [0.5, 0.6) is 0 Å². The van der Waals surface area contributed by atoms with Crippen LogP contribution >= 0.6 is 11.3 Å². The van der Waals surface area contributed by atoms with Crippen LogP contribution in [0, 0.1) is 11.8 Å². The van der Waals surface area contributed by atoms with E-state index in [0.717, 1.165) is 10.5 Å². The highest BCUT2D eigenvalue weighted by molar-refractivity contribution is 7.15. The Labute approximate surface area is 159 Å². The lowest BCUT2D eigenvalue weighted by Gasteiger charge is -2.46. The van der Waals surface area contributed by atoms with Gasteiger partial charge in [0.25, 0.3) is 0 Å². The fraction of sp³-hybridized carbons (Fsp3) is 0.500. The second-order valence-corrected chi connectivity index (χ2v) is 8.15. The van der Waals surface area contributed by atoms with Gasteiger partial charge in [0.1, 0.15) is 24.1 Å². The SMILES string of the molecule is C[C@@H](O)[C@H]1C(=O)N2C(C(=O)O)=C(C[n+]3cc4scc(CCO)n4c3)[C@H](C)[C@H]12. The van der Waals surface area contributed by atoms with E-state index in [9.17, 15) is 24.9 Å². The number of aliphatic carboxylic acids is 1. The topological polar surface area (TPSA) is 106 Å². The van der Waals surface area contributed by atoms with Gasteiger partial charge in [-0.1, -0.05) is 18.3 Å². The lowest BCUT2D eigenvalue weighted by Crippen LogP contribution is -2.63. The van der Waals surface area contributed by atoms with Crippen molar-refractivity contribution >= 4 is 28.0 Å². The van der Waals surface area contributed by atoms with Crippen molar-refractivity contribution in [2.24, 2.45) is 11.8 Å². The first-order valence-electron chi connectivity index (χ1n) is 8.91. The van der Waals surface area contributed by atoms with E-state index in [2.05, 4.69) is 0 Å². The molecule has 3 N–H and O–H groups in total. The molecule has 4 atom stereocenters. The van der Waals surface area contributed by atoms with Gasteiger partial charge in [0.05, 0.1) is 24.7 Å². The average Bonchev–Trinajstić information content (AvgIpc) is 3.21. The van der Waals surface area contributed by atoms with Crippen molar-refractivity contribution in [3.05, 3.63) is 34.9 Å². The standard InChI is InChI=1S/C18H21N3O5S/c1-9-12(5-19-6-13-20(8-19)11(3-4-22)7-27-13)16(18(25)26)21-15(9)14(10(2)23)17(21)24/h6-10,14-15,22-23H,3-5H2,1-2H3/p+1/t9-,10+,14+,15+/m0/s1. The number of aliphatic hydroxyl groups is 2. The number of β-lactam (4-membered cyclic amide) rings is 1. The Hall–Kier alpha value is -2.23. The number of imidazole rings is 1. The lowest BCUT2D eigenvalue weighted by molar-refractivity contribution is -0.688. The quantitative estimate of drug-likeness (QED) is 0.475. The summed E-state index contributed by atoms with van der Waals surface area (Å²) in [5.41, 5.74) is 1.74. The summed E-state index contributed by atoms with van der Waals surface area (Å²) < 4.78 is 3.90. The number of carbonyl (C=O) groups is 2. The van der Waals surface area contributed by atoms with Crippen LogP contribution < -0.4 is 4.57 Å². The third-order valence-corrected chi connectivity index (χ3v) is 6.57. The Kier molecular flexibility index (Phi) is 4.32. The molecule has 9 heteroatoms. The number of thiazole rings is 1. The highest BCUT2D eigenvalue weighted by Crippen LogP contribution is 2.47. The van der Waals surface area contributed by atoms with Crippen LogP contribution in [0.2, 0.25) is 0 Å². The molecule has 0 aliphatic carbocycles. The van der Waals surface area contributed by atoms with Gasteiger partial charge in [0.15, 0.2) is 0 Å². The van der Waals surface area contributed by atoms with Crippen molar-refractivity contribution < 1.29 is 29.5 Å². The number of rotatable bonds is 6. The smallest absolute Gasteiger partial charge is 0.352 e. The van der Waals surface area contributed by atoms with E-state index >= 15 is 0 Å². The largest absolute Gasteiger partial charge is 0.477 e. The summed E-state index contributed by atoms with van der Waals surface area (Å²) in [7, 11) is 0. The fourth-order valence-electron chi connectivity index (χ4n) is 4.36. The number of aliphatic hydroxyl groups excluding tert-OH is 2. The third-order valence-electron chi connectivity index (χ3n) is 5.64. The number of hydrogen-bond acceptors (Lipinski definition) is 5. The van der Waals surface area contributed by atoms with E-state index in [-0.39, 0.29) is 30.2 Å². The summed E-state index contributed by atoms with van der Waals surface area (Å²) in [6.07, 6.45) is 3.58. The zero-order valence-electron chi connectivity index (χ0n) is 15.1. The van der Waals surface area contributed by atoms with Gasteiger partial charge in [-0.25, -0.2) is 9.36 Å². The molecule has 2 aliphatic rings. The van der Waals surface area contributed by atoms with Gasteiger partial charge in [-0.3, -0.25) is 4.79 Å². The molecule has 0 aromatic carbocycles. The van der Waals surface area contributed by atoms with E-state index in [4.69, 9.17) is 0 Å². The van der Waals surface area contributed by atoms with Gasteiger partial charge >= 0.3 is 5.97 Å². The molecule has 1 saturated heterocycles. The molecule has 0 bridgehead atoms. The monoisotopic (exact) mass is 392 g/mol. The van der Waals surface area contributed by atoms with Gasteiger partial charge in [-0.2, -0.15) is 4.40 Å². The molecule has 2 aromatic rings. The zero-order chi connectivity index (χ0) is 19.5. The second kappa shape index (κ2) is 6.43. The Morgan fingerprint density at radius 3 is 2.81 bits per heavy atom. The van der Waals surface area contributed by atoms with E-state index in [0.29, 0.717) is 18.5 Å². The number of aromatic nitrogens is 2. The maximum Gasteiger partial charge on any atom is 0.352 e. The first kappa shape index (κ1) is 18.1. The normalized spacial score (nSPS) is 25.9. The Morgan fingerprint density at radius 1 is 1.44 bits per heavy atom. The molecule has 2 aromatic heterocycles. The second-order valence-electron chi connectivity index (χ2n) is 7.26. The van der Waals surface area contributed by atoms with Crippen LogP contribution in [0.4, 0.5) is 0 Å². The summed E-state index contributed by atoms with van der Waals surface area (Å²) in [5.74, 6) is -2.12.